The van der Waals surface area contributed by atoms with Crippen molar-refractivity contribution in [3.05, 3.63) is 76.1 Å². The summed E-state index contributed by atoms with van der Waals surface area (Å²) < 4.78 is 13.3. The molecule has 2 heteroatoms. The summed E-state index contributed by atoms with van der Waals surface area (Å²) in [5, 5.41) is 0. The molecule has 4 rings (SSSR count). The first-order valence-corrected chi connectivity index (χ1v) is 8.49. The number of piperidine rings is 1. The van der Waals surface area contributed by atoms with Crippen LogP contribution in [-0.4, -0.2) is 24.5 Å². The van der Waals surface area contributed by atoms with Crippen LogP contribution in [-0.2, 0) is 0 Å². The third-order valence-electron chi connectivity index (χ3n) is 5.31. The molecule has 0 radical (unpaired) electrons. The summed E-state index contributed by atoms with van der Waals surface area (Å²) in [6.45, 7) is 7.72. The molecule has 1 heterocycles. The quantitative estimate of drug-likeness (QED) is 0.773. The van der Waals surface area contributed by atoms with Gasteiger partial charge in [-0.1, -0.05) is 48.4 Å². The van der Waals surface area contributed by atoms with E-state index in [-0.39, 0.29) is 5.82 Å². The number of halogens is 1. The first-order chi connectivity index (χ1) is 11.2. The van der Waals surface area contributed by atoms with Gasteiger partial charge in [0.2, 0.25) is 0 Å². The van der Waals surface area contributed by atoms with Gasteiger partial charge in [-0.05, 0) is 54.3 Å². The van der Waals surface area contributed by atoms with E-state index in [1.54, 1.807) is 17.7 Å². The summed E-state index contributed by atoms with van der Waals surface area (Å²) in [5.74, 6) is 0.332. The summed E-state index contributed by atoms with van der Waals surface area (Å²) in [6.07, 6.45) is 1.11. The molecule has 0 spiro atoms. The minimum atomic E-state index is -0.167. The summed E-state index contributed by atoms with van der Waals surface area (Å²) in [5.41, 5.74) is 8.14. The van der Waals surface area contributed by atoms with Gasteiger partial charge in [-0.2, -0.15) is 0 Å². The summed E-state index contributed by atoms with van der Waals surface area (Å²) >= 11 is 0. The number of rotatable bonds is 2. The van der Waals surface area contributed by atoms with E-state index in [2.05, 4.69) is 36.9 Å². The van der Waals surface area contributed by atoms with Gasteiger partial charge in [0.1, 0.15) is 5.82 Å². The van der Waals surface area contributed by atoms with Gasteiger partial charge in [-0.25, -0.2) is 4.39 Å². The Balaban J connectivity index is 1.88. The van der Waals surface area contributed by atoms with E-state index in [0.29, 0.717) is 5.92 Å². The van der Waals surface area contributed by atoms with Gasteiger partial charge in [0, 0.05) is 19.0 Å². The minimum absolute atomic E-state index is 0.167. The van der Waals surface area contributed by atoms with E-state index in [0.717, 1.165) is 31.6 Å². The molecule has 1 aliphatic carbocycles. The van der Waals surface area contributed by atoms with Crippen molar-refractivity contribution in [2.45, 2.75) is 26.2 Å². The number of benzene rings is 2. The topological polar surface area (TPSA) is 3.24 Å². The largest absolute Gasteiger partial charge is 0.302 e. The zero-order valence-electron chi connectivity index (χ0n) is 13.8. The second kappa shape index (κ2) is 5.61. The Bertz CT molecular complexity index is 773. The van der Waals surface area contributed by atoms with Crippen molar-refractivity contribution in [1.29, 1.82) is 0 Å². The number of likely N-dealkylation sites (N-methyl/N-ethyl adjacent to an activating group) is 1. The lowest BCUT2D eigenvalue weighted by molar-refractivity contribution is 0.254. The molecule has 1 atom stereocenters. The molecule has 1 unspecified atom stereocenters. The lowest BCUT2D eigenvalue weighted by Crippen LogP contribution is -2.34. The highest BCUT2D eigenvalue weighted by Crippen LogP contribution is 2.48. The maximum atomic E-state index is 13.3. The van der Waals surface area contributed by atoms with Crippen LogP contribution in [0.15, 0.2) is 48.0 Å². The Morgan fingerprint density at radius 2 is 1.91 bits per heavy atom. The van der Waals surface area contributed by atoms with Crippen LogP contribution in [0.1, 0.15) is 41.5 Å². The molecule has 1 saturated heterocycles. The lowest BCUT2D eigenvalue weighted by atomic mass is 9.89. The minimum Gasteiger partial charge on any atom is -0.302 e. The van der Waals surface area contributed by atoms with Gasteiger partial charge in [0.05, 0.1) is 0 Å². The molecular formula is C21H22FN. The second-order valence-electron chi connectivity index (χ2n) is 6.69. The summed E-state index contributed by atoms with van der Waals surface area (Å²) in [4.78, 5) is 2.53. The van der Waals surface area contributed by atoms with Crippen molar-refractivity contribution in [1.82, 2.24) is 4.90 Å². The molecule has 1 fully saturated rings. The SMILES string of the molecule is CCN1CCC2=C(c3ccc(F)cc3)c3cc(C)ccc3C2C1. The van der Waals surface area contributed by atoms with E-state index < -0.39 is 0 Å². The van der Waals surface area contributed by atoms with E-state index in [4.69, 9.17) is 0 Å². The Morgan fingerprint density at radius 1 is 1.13 bits per heavy atom. The van der Waals surface area contributed by atoms with Crippen molar-refractivity contribution in [3.8, 4) is 0 Å². The summed E-state index contributed by atoms with van der Waals surface area (Å²) in [6, 6.07) is 13.8. The number of fused-ring (bicyclic) bond motifs is 3. The molecule has 0 amide bonds. The monoisotopic (exact) mass is 307 g/mol. The van der Waals surface area contributed by atoms with Crippen molar-refractivity contribution >= 4 is 5.57 Å². The highest BCUT2D eigenvalue weighted by Gasteiger charge is 2.35. The van der Waals surface area contributed by atoms with Gasteiger partial charge in [-0.3, -0.25) is 0 Å². The predicted octanol–water partition coefficient (Wildman–Crippen LogP) is 4.76. The lowest BCUT2D eigenvalue weighted by Gasteiger charge is -2.32. The van der Waals surface area contributed by atoms with E-state index in [1.807, 2.05) is 12.1 Å². The number of likely N-dealkylation sites (tertiary alicyclic amines) is 1. The van der Waals surface area contributed by atoms with Crippen LogP contribution < -0.4 is 0 Å². The van der Waals surface area contributed by atoms with E-state index in [1.165, 1.54) is 22.3 Å². The van der Waals surface area contributed by atoms with E-state index in [9.17, 15) is 4.39 Å². The Kier molecular flexibility index (Phi) is 3.57. The third-order valence-corrected chi connectivity index (χ3v) is 5.31. The zero-order valence-corrected chi connectivity index (χ0v) is 13.8. The van der Waals surface area contributed by atoms with Gasteiger partial charge in [-0.15, -0.1) is 0 Å². The number of hydrogen-bond donors (Lipinski definition) is 0. The number of hydrogen-bond acceptors (Lipinski definition) is 1. The third kappa shape index (κ3) is 2.42. The molecule has 1 nitrogen and oxygen atoms in total. The predicted molar refractivity (Wildman–Crippen MR) is 93.1 cm³/mol. The first kappa shape index (κ1) is 14.6. The maximum Gasteiger partial charge on any atom is 0.123 e. The molecular weight excluding hydrogens is 285 g/mol. The molecule has 0 N–H and O–H groups in total. The highest BCUT2D eigenvalue weighted by molar-refractivity contribution is 5.89. The van der Waals surface area contributed by atoms with Gasteiger partial charge < -0.3 is 4.90 Å². The normalized spacial score (nSPS) is 20.6. The molecule has 0 saturated carbocycles. The Labute approximate surface area is 137 Å². The standard InChI is InChI=1S/C21H22FN/c1-3-23-11-10-18-20(13-23)17-9-4-14(2)12-19(17)21(18)15-5-7-16(22)8-6-15/h4-9,12,20H,3,10-11,13H2,1-2H3. The van der Waals surface area contributed by atoms with Crippen molar-refractivity contribution in [2.24, 2.45) is 0 Å². The molecule has 118 valence electrons. The fraction of sp³-hybridized carbons (Fsp3) is 0.333. The average Bonchev–Trinajstić information content (AvgIpc) is 2.88. The number of aryl methyl sites for hydroxylation is 1. The van der Waals surface area contributed by atoms with Gasteiger partial charge in [0.15, 0.2) is 0 Å². The number of nitrogens with zero attached hydrogens (tertiary/aromatic N) is 1. The second-order valence-corrected chi connectivity index (χ2v) is 6.69. The summed E-state index contributed by atoms with van der Waals surface area (Å²) in [7, 11) is 0. The van der Waals surface area contributed by atoms with Crippen LogP contribution in [0.3, 0.4) is 0 Å². The van der Waals surface area contributed by atoms with Gasteiger partial charge >= 0.3 is 0 Å². The fourth-order valence-electron chi connectivity index (χ4n) is 4.11. The zero-order chi connectivity index (χ0) is 16.0. The van der Waals surface area contributed by atoms with Crippen LogP contribution in [0.4, 0.5) is 4.39 Å². The average molecular weight is 307 g/mol. The van der Waals surface area contributed by atoms with Crippen molar-refractivity contribution in [3.63, 3.8) is 0 Å². The Morgan fingerprint density at radius 3 is 2.65 bits per heavy atom. The molecule has 0 bridgehead atoms. The highest BCUT2D eigenvalue weighted by atomic mass is 19.1. The fourth-order valence-corrected chi connectivity index (χ4v) is 4.11. The first-order valence-electron chi connectivity index (χ1n) is 8.49. The molecule has 2 aromatic rings. The van der Waals surface area contributed by atoms with Crippen molar-refractivity contribution < 1.29 is 4.39 Å². The van der Waals surface area contributed by atoms with Crippen LogP contribution in [0.25, 0.3) is 5.57 Å². The van der Waals surface area contributed by atoms with E-state index >= 15 is 0 Å². The molecule has 2 aliphatic rings. The molecule has 0 aromatic heterocycles. The van der Waals surface area contributed by atoms with Gasteiger partial charge in [0.25, 0.3) is 0 Å². The Hall–Kier alpha value is -1.93. The molecule has 23 heavy (non-hydrogen) atoms. The van der Waals surface area contributed by atoms with Crippen LogP contribution in [0, 0.1) is 12.7 Å². The van der Waals surface area contributed by atoms with Crippen molar-refractivity contribution in [2.75, 3.05) is 19.6 Å². The smallest absolute Gasteiger partial charge is 0.123 e. The van der Waals surface area contributed by atoms with Crippen LogP contribution in [0.2, 0.25) is 0 Å². The molecule has 2 aromatic carbocycles. The maximum absolute atomic E-state index is 13.3. The van der Waals surface area contributed by atoms with Crippen LogP contribution in [0.5, 0.6) is 0 Å². The molecule has 1 aliphatic heterocycles. The van der Waals surface area contributed by atoms with Crippen LogP contribution >= 0.6 is 0 Å².